The Hall–Kier alpha value is -2.76. The van der Waals surface area contributed by atoms with Gasteiger partial charge in [-0.3, -0.25) is 9.48 Å². The summed E-state index contributed by atoms with van der Waals surface area (Å²) >= 11 is 0. The highest BCUT2D eigenvalue weighted by Gasteiger charge is 2.30. The molecule has 2 aliphatic carbocycles. The molecule has 0 saturated heterocycles. The SMILES string of the molecule is Cn1nccc1C(=O)C[C@@H]1CCc2cc(-c3noc(C4CC4)n3)ccc21. The van der Waals surface area contributed by atoms with E-state index in [1.54, 1.807) is 16.9 Å². The smallest absolute Gasteiger partial charge is 0.230 e. The summed E-state index contributed by atoms with van der Waals surface area (Å²) in [5.41, 5.74) is 4.24. The molecule has 1 atom stereocenters. The number of nitrogens with zero attached hydrogens (tertiary/aromatic N) is 4. The Labute approximate surface area is 151 Å². The molecule has 0 spiro atoms. The predicted molar refractivity (Wildman–Crippen MR) is 94.9 cm³/mol. The van der Waals surface area contributed by atoms with Crippen LogP contribution in [0.5, 0.6) is 0 Å². The van der Waals surface area contributed by atoms with Gasteiger partial charge in [-0.15, -0.1) is 0 Å². The van der Waals surface area contributed by atoms with Crippen LogP contribution in [0.1, 0.15) is 65.0 Å². The van der Waals surface area contributed by atoms with Crippen LogP contribution < -0.4 is 0 Å². The Bertz CT molecular complexity index is 983. The van der Waals surface area contributed by atoms with Crippen molar-refractivity contribution in [2.24, 2.45) is 7.05 Å². The second-order valence-corrected chi connectivity index (χ2v) is 7.35. The van der Waals surface area contributed by atoms with E-state index in [1.807, 2.05) is 13.1 Å². The maximum atomic E-state index is 12.6. The van der Waals surface area contributed by atoms with Gasteiger partial charge in [-0.1, -0.05) is 17.3 Å². The number of carbonyl (C=O) groups is 1. The van der Waals surface area contributed by atoms with Crippen LogP contribution in [0.15, 0.2) is 35.0 Å². The Morgan fingerprint density at radius 2 is 2.15 bits per heavy atom. The van der Waals surface area contributed by atoms with Gasteiger partial charge in [0.25, 0.3) is 0 Å². The third-order valence-electron chi connectivity index (χ3n) is 5.51. The molecule has 1 saturated carbocycles. The van der Waals surface area contributed by atoms with Crippen molar-refractivity contribution in [3.8, 4) is 11.4 Å². The number of carbonyl (C=O) groups excluding carboxylic acids is 1. The summed E-state index contributed by atoms with van der Waals surface area (Å²) in [4.78, 5) is 17.1. The monoisotopic (exact) mass is 348 g/mol. The van der Waals surface area contributed by atoms with Crippen LogP contribution in [-0.2, 0) is 13.5 Å². The Morgan fingerprint density at radius 3 is 2.92 bits per heavy atom. The van der Waals surface area contributed by atoms with Gasteiger partial charge in [0.05, 0.1) is 0 Å². The lowest BCUT2D eigenvalue weighted by Gasteiger charge is -2.11. The molecule has 2 aromatic heterocycles. The molecule has 0 aliphatic heterocycles. The van der Waals surface area contributed by atoms with Crippen LogP contribution in [0.3, 0.4) is 0 Å². The van der Waals surface area contributed by atoms with Crippen molar-refractivity contribution in [1.82, 2.24) is 19.9 Å². The summed E-state index contributed by atoms with van der Waals surface area (Å²) in [5, 5.41) is 8.23. The molecule has 0 radical (unpaired) electrons. The van der Waals surface area contributed by atoms with Crippen LogP contribution >= 0.6 is 0 Å². The molecule has 2 heterocycles. The van der Waals surface area contributed by atoms with Crippen molar-refractivity contribution in [2.75, 3.05) is 0 Å². The molecule has 0 bridgehead atoms. The zero-order chi connectivity index (χ0) is 17.7. The first-order valence-corrected chi connectivity index (χ1v) is 9.17. The highest BCUT2D eigenvalue weighted by Crippen LogP contribution is 2.41. The second-order valence-electron chi connectivity index (χ2n) is 7.35. The van der Waals surface area contributed by atoms with Crippen LogP contribution in [0.4, 0.5) is 0 Å². The van der Waals surface area contributed by atoms with Crippen molar-refractivity contribution >= 4 is 5.78 Å². The molecular formula is C20H20N4O2. The number of aromatic nitrogens is 4. The fraction of sp³-hybridized carbons (Fsp3) is 0.400. The van der Waals surface area contributed by atoms with Gasteiger partial charge in [0.15, 0.2) is 5.78 Å². The number of fused-ring (bicyclic) bond motifs is 1. The van der Waals surface area contributed by atoms with E-state index in [1.165, 1.54) is 11.1 Å². The van der Waals surface area contributed by atoms with Gasteiger partial charge in [-0.25, -0.2) is 0 Å². The normalized spacial score (nSPS) is 18.9. The maximum absolute atomic E-state index is 12.6. The fourth-order valence-electron chi connectivity index (χ4n) is 3.88. The first kappa shape index (κ1) is 15.5. The van der Waals surface area contributed by atoms with Crippen molar-refractivity contribution in [3.05, 3.63) is 53.2 Å². The van der Waals surface area contributed by atoms with E-state index in [9.17, 15) is 4.79 Å². The third kappa shape index (κ3) is 2.66. The minimum Gasteiger partial charge on any atom is -0.339 e. The molecule has 0 N–H and O–H groups in total. The van der Waals surface area contributed by atoms with Gasteiger partial charge in [0.1, 0.15) is 5.69 Å². The van der Waals surface area contributed by atoms with Gasteiger partial charge >= 0.3 is 0 Å². The Morgan fingerprint density at radius 1 is 1.27 bits per heavy atom. The number of hydrogen-bond acceptors (Lipinski definition) is 5. The topological polar surface area (TPSA) is 73.8 Å². The van der Waals surface area contributed by atoms with E-state index in [0.717, 1.165) is 37.1 Å². The molecule has 1 fully saturated rings. The summed E-state index contributed by atoms with van der Waals surface area (Å²) in [6.07, 6.45) is 6.49. The largest absolute Gasteiger partial charge is 0.339 e. The highest BCUT2D eigenvalue weighted by molar-refractivity contribution is 5.95. The zero-order valence-corrected chi connectivity index (χ0v) is 14.7. The number of aryl methyl sites for hydroxylation is 2. The zero-order valence-electron chi connectivity index (χ0n) is 14.7. The number of hydrogen-bond donors (Lipinski definition) is 0. The molecule has 6 nitrogen and oxygen atoms in total. The first-order chi connectivity index (χ1) is 12.7. The lowest BCUT2D eigenvalue weighted by atomic mass is 9.94. The summed E-state index contributed by atoms with van der Waals surface area (Å²) in [5.74, 6) is 2.32. The molecule has 26 heavy (non-hydrogen) atoms. The van der Waals surface area contributed by atoms with E-state index in [2.05, 4.69) is 27.4 Å². The van der Waals surface area contributed by atoms with Gasteiger partial charge in [-0.2, -0.15) is 10.1 Å². The summed E-state index contributed by atoms with van der Waals surface area (Å²) in [7, 11) is 1.81. The molecule has 2 aliphatic rings. The molecule has 0 amide bonds. The van der Waals surface area contributed by atoms with Crippen LogP contribution in [-0.4, -0.2) is 25.7 Å². The van der Waals surface area contributed by atoms with Crippen molar-refractivity contribution in [3.63, 3.8) is 0 Å². The minimum absolute atomic E-state index is 0.152. The average molecular weight is 348 g/mol. The van der Waals surface area contributed by atoms with Gasteiger partial charge in [0.2, 0.25) is 11.7 Å². The average Bonchev–Trinajstić information content (AvgIpc) is 3.05. The second kappa shape index (κ2) is 5.90. The number of ketones is 1. The number of benzene rings is 1. The van der Waals surface area contributed by atoms with Gasteiger partial charge in [-0.05, 0) is 54.9 Å². The van der Waals surface area contributed by atoms with E-state index in [-0.39, 0.29) is 11.7 Å². The Balaban J connectivity index is 1.36. The summed E-state index contributed by atoms with van der Waals surface area (Å²) in [6, 6.07) is 8.12. The number of rotatable bonds is 5. The summed E-state index contributed by atoms with van der Waals surface area (Å²) < 4.78 is 7.02. The summed E-state index contributed by atoms with van der Waals surface area (Å²) in [6.45, 7) is 0. The van der Waals surface area contributed by atoms with Crippen LogP contribution in [0.25, 0.3) is 11.4 Å². The fourth-order valence-corrected chi connectivity index (χ4v) is 3.88. The minimum atomic E-state index is 0.152. The van der Waals surface area contributed by atoms with Gasteiger partial charge in [0, 0.05) is 31.1 Å². The van der Waals surface area contributed by atoms with E-state index in [4.69, 9.17) is 4.52 Å². The van der Waals surface area contributed by atoms with Crippen LogP contribution in [0.2, 0.25) is 0 Å². The molecular weight excluding hydrogens is 328 g/mol. The lowest BCUT2D eigenvalue weighted by molar-refractivity contribution is 0.0964. The molecule has 5 rings (SSSR count). The molecule has 0 unspecified atom stereocenters. The lowest BCUT2D eigenvalue weighted by Crippen LogP contribution is -2.10. The number of Topliss-reactive ketones (excluding diaryl/α,β-unsaturated/α-hetero) is 1. The van der Waals surface area contributed by atoms with Crippen LogP contribution in [0, 0.1) is 0 Å². The molecule has 3 aromatic rings. The quantitative estimate of drug-likeness (QED) is 0.658. The van der Waals surface area contributed by atoms with E-state index < -0.39 is 0 Å². The Kier molecular flexibility index (Phi) is 3.51. The van der Waals surface area contributed by atoms with Crippen molar-refractivity contribution in [2.45, 2.75) is 43.9 Å². The first-order valence-electron chi connectivity index (χ1n) is 9.17. The molecule has 1 aromatic carbocycles. The standard InChI is InChI=1S/C20H20N4O2/c1-24-17(8-9-21-24)18(25)11-14-5-4-13-10-15(6-7-16(13)14)19-22-20(26-23-19)12-2-3-12/h6-10,12,14H,2-5,11H2,1H3/t14-/m0/s1. The molecule has 6 heteroatoms. The van der Waals surface area contributed by atoms with Crippen molar-refractivity contribution in [1.29, 1.82) is 0 Å². The molecule has 132 valence electrons. The third-order valence-corrected chi connectivity index (χ3v) is 5.51. The maximum Gasteiger partial charge on any atom is 0.230 e. The van der Waals surface area contributed by atoms with Gasteiger partial charge < -0.3 is 4.52 Å². The highest BCUT2D eigenvalue weighted by atomic mass is 16.5. The van der Waals surface area contributed by atoms with E-state index >= 15 is 0 Å². The van der Waals surface area contributed by atoms with E-state index in [0.29, 0.717) is 23.9 Å². The predicted octanol–water partition coefficient (Wildman–Crippen LogP) is 3.65. The van der Waals surface area contributed by atoms with Crippen molar-refractivity contribution < 1.29 is 9.32 Å².